The van der Waals surface area contributed by atoms with Crippen LogP contribution in [-0.4, -0.2) is 25.7 Å². The van der Waals surface area contributed by atoms with Gasteiger partial charge in [-0.25, -0.2) is 0 Å². The van der Waals surface area contributed by atoms with Crippen molar-refractivity contribution in [1.82, 2.24) is 10.6 Å². The molecule has 2 heteroatoms. The molecule has 11 heavy (non-hydrogen) atoms. The molecule has 1 saturated carbocycles. The molecule has 2 nitrogen and oxygen atoms in total. The molecule has 0 heterocycles. The summed E-state index contributed by atoms with van der Waals surface area (Å²) in [4.78, 5) is 0. The maximum atomic E-state index is 3.56. The fraction of sp³-hybridized carbons (Fsp3) is 1.00. The summed E-state index contributed by atoms with van der Waals surface area (Å²) in [6.45, 7) is 4.65. The number of unbranched alkanes of at least 4 members (excludes halogenated alkanes) is 1. The standard InChI is InChI=1S/C9H20N2/c1-9(5-6-9)11-8-4-3-7-10-2/h10-11H,3-8H2,1-2H3. The van der Waals surface area contributed by atoms with Gasteiger partial charge in [-0.2, -0.15) is 0 Å². The van der Waals surface area contributed by atoms with E-state index in [1.54, 1.807) is 0 Å². The fourth-order valence-corrected chi connectivity index (χ4v) is 1.18. The molecule has 0 atom stereocenters. The van der Waals surface area contributed by atoms with E-state index in [0.717, 1.165) is 6.54 Å². The van der Waals surface area contributed by atoms with E-state index in [0.29, 0.717) is 5.54 Å². The molecule has 1 aliphatic carbocycles. The largest absolute Gasteiger partial charge is 0.320 e. The molecule has 0 saturated heterocycles. The van der Waals surface area contributed by atoms with Crippen molar-refractivity contribution in [2.75, 3.05) is 20.1 Å². The molecule has 0 aromatic rings. The second-order valence-electron chi connectivity index (χ2n) is 3.80. The number of hydrogen-bond acceptors (Lipinski definition) is 2. The zero-order valence-corrected chi connectivity index (χ0v) is 7.74. The van der Waals surface area contributed by atoms with Crippen molar-refractivity contribution in [3.8, 4) is 0 Å². The lowest BCUT2D eigenvalue weighted by Gasteiger charge is -2.10. The molecule has 0 aromatic carbocycles. The maximum absolute atomic E-state index is 3.56. The Balaban J connectivity index is 1.81. The first-order valence-corrected chi connectivity index (χ1v) is 4.66. The summed E-state index contributed by atoms with van der Waals surface area (Å²) < 4.78 is 0. The third-order valence-electron chi connectivity index (χ3n) is 2.41. The first-order valence-electron chi connectivity index (χ1n) is 4.66. The zero-order valence-electron chi connectivity index (χ0n) is 7.74. The first kappa shape index (κ1) is 9.01. The molecular formula is C9H20N2. The van der Waals surface area contributed by atoms with Gasteiger partial charge in [0.2, 0.25) is 0 Å². The molecule has 0 spiro atoms. The number of nitrogens with one attached hydrogen (secondary N) is 2. The monoisotopic (exact) mass is 156 g/mol. The Labute approximate surface area is 69.8 Å². The van der Waals surface area contributed by atoms with Gasteiger partial charge in [0, 0.05) is 5.54 Å². The van der Waals surface area contributed by atoms with Crippen LogP contribution in [0.2, 0.25) is 0 Å². The Kier molecular flexibility index (Phi) is 3.34. The third-order valence-corrected chi connectivity index (χ3v) is 2.41. The van der Waals surface area contributed by atoms with Crippen molar-refractivity contribution >= 4 is 0 Å². The quantitative estimate of drug-likeness (QED) is 0.563. The van der Waals surface area contributed by atoms with E-state index >= 15 is 0 Å². The number of hydrogen-bond donors (Lipinski definition) is 2. The molecule has 2 N–H and O–H groups in total. The van der Waals surface area contributed by atoms with Crippen LogP contribution in [0.4, 0.5) is 0 Å². The molecule has 0 aliphatic heterocycles. The normalized spacial score (nSPS) is 20.2. The predicted octanol–water partition coefficient (Wildman–Crippen LogP) is 1.13. The molecule has 1 aliphatic rings. The van der Waals surface area contributed by atoms with E-state index in [4.69, 9.17) is 0 Å². The van der Waals surface area contributed by atoms with Gasteiger partial charge >= 0.3 is 0 Å². The topological polar surface area (TPSA) is 24.1 Å². The highest BCUT2D eigenvalue weighted by atomic mass is 15.0. The van der Waals surface area contributed by atoms with Crippen LogP contribution < -0.4 is 10.6 Å². The van der Waals surface area contributed by atoms with E-state index in [1.165, 1.54) is 32.2 Å². The van der Waals surface area contributed by atoms with Gasteiger partial charge in [-0.1, -0.05) is 0 Å². The van der Waals surface area contributed by atoms with Gasteiger partial charge in [0.1, 0.15) is 0 Å². The summed E-state index contributed by atoms with van der Waals surface area (Å²) in [6, 6.07) is 0. The first-order chi connectivity index (χ1) is 5.27. The molecule has 0 radical (unpaired) electrons. The van der Waals surface area contributed by atoms with Crippen molar-refractivity contribution in [1.29, 1.82) is 0 Å². The average Bonchev–Trinajstić information content (AvgIpc) is 2.69. The molecule has 66 valence electrons. The van der Waals surface area contributed by atoms with Gasteiger partial charge < -0.3 is 10.6 Å². The molecule has 0 unspecified atom stereocenters. The Morgan fingerprint density at radius 1 is 1.18 bits per heavy atom. The minimum absolute atomic E-state index is 0.527. The summed E-state index contributed by atoms with van der Waals surface area (Å²) in [5.74, 6) is 0. The van der Waals surface area contributed by atoms with Crippen LogP contribution in [-0.2, 0) is 0 Å². The van der Waals surface area contributed by atoms with Crippen LogP contribution in [0.1, 0.15) is 32.6 Å². The average molecular weight is 156 g/mol. The lowest BCUT2D eigenvalue weighted by atomic mass is 10.2. The Morgan fingerprint density at radius 3 is 2.36 bits per heavy atom. The summed E-state index contributed by atoms with van der Waals surface area (Å²) in [6.07, 6.45) is 5.34. The molecule has 0 amide bonds. The fourth-order valence-electron chi connectivity index (χ4n) is 1.18. The second-order valence-corrected chi connectivity index (χ2v) is 3.80. The molecule has 0 aromatic heterocycles. The van der Waals surface area contributed by atoms with Crippen molar-refractivity contribution in [2.24, 2.45) is 0 Å². The van der Waals surface area contributed by atoms with E-state index in [-0.39, 0.29) is 0 Å². The predicted molar refractivity (Wildman–Crippen MR) is 48.8 cm³/mol. The van der Waals surface area contributed by atoms with E-state index < -0.39 is 0 Å². The lowest BCUT2D eigenvalue weighted by molar-refractivity contribution is 0.513. The smallest absolute Gasteiger partial charge is 0.0154 e. The minimum Gasteiger partial charge on any atom is -0.320 e. The summed E-state index contributed by atoms with van der Waals surface area (Å²) in [5.41, 5.74) is 0.527. The van der Waals surface area contributed by atoms with Gasteiger partial charge in [-0.05, 0) is 52.7 Å². The van der Waals surface area contributed by atoms with Crippen molar-refractivity contribution in [3.63, 3.8) is 0 Å². The second kappa shape index (κ2) is 4.07. The highest BCUT2D eigenvalue weighted by Gasteiger charge is 2.35. The summed E-state index contributed by atoms with van der Waals surface area (Å²) in [5, 5.41) is 6.72. The van der Waals surface area contributed by atoms with Crippen LogP contribution in [0, 0.1) is 0 Å². The Bertz CT molecular complexity index is 108. The highest BCUT2D eigenvalue weighted by Crippen LogP contribution is 2.33. The van der Waals surface area contributed by atoms with E-state index in [2.05, 4.69) is 17.6 Å². The van der Waals surface area contributed by atoms with Gasteiger partial charge in [0.25, 0.3) is 0 Å². The van der Waals surface area contributed by atoms with Gasteiger partial charge in [0.15, 0.2) is 0 Å². The number of rotatable bonds is 6. The van der Waals surface area contributed by atoms with Gasteiger partial charge in [-0.3, -0.25) is 0 Å². The van der Waals surface area contributed by atoms with Gasteiger partial charge in [-0.15, -0.1) is 0 Å². The molecule has 1 fully saturated rings. The zero-order chi connectivity index (χ0) is 8.16. The molecule has 1 rings (SSSR count). The van der Waals surface area contributed by atoms with Gasteiger partial charge in [0.05, 0.1) is 0 Å². The minimum atomic E-state index is 0.527. The molecule has 0 bridgehead atoms. The lowest BCUT2D eigenvalue weighted by Crippen LogP contribution is -2.28. The Morgan fingerprint density at radius 2 is 1.82 bits per heavy atom. The third kappa shape index (κ3) is 3.73. The van der Waals surface area contributed by atoms with E-state index in [1.807, 2.05) is 7.05 Å². The van der Waals surface area contributed by atoms with Crippen LogP contribution >= 0.6 is 0 Å². The Hall–Kier alpha value is -0.0800. The van der Waals surface area contributed by atoms with Crippen LogP contribution in [0.3, 0.4) is 0 Å². The summed E-state index contributed by atoms with van der Waals surface area (Å²) >= 11 is 0. The SMILES string of the molecule is CNCCCCNC1(C)CC1. The van der Waals surface area contributed by atoms with E-state index in [9.17, 15) is 0 Å². The van der Waals surface area contributed by atoms with Crippen molar-refractivity contribution in [3.05, 3.63) is 0 Å². The maximum Gasteiger partial charge on any atom is 0.0154 e. The molecular weight excluding hydrogens is 136 g/mol. The van der Waals surface area contributed by atoms with Crippen LogP contribution in [0.15, 0.2) is 0 Å². The summed E-state index contributed by atoms with van der Waals surface area (Å²) in [7, 11) is 2.01. The van der Waals surface area contributed by atoms with Crippen LogP contribution in [0.5, 0.6) is 0 Å². The van der Waals surface area contributed by atoms with Crippen molar-refractivity contribution in [2.45, 2.75) is 38.1 Å². The van der Waals surface area contributed by atoms with Crippen molar-refractivity contribution < 1.29 is 0 Å². The highest BCUT2D eigenvalue weighted by molar-refractivity contribution is 4.97. The van der Waals surface area contributed by atoms with Crippen LogP contribution in [0.25, 0.3) is 0 Å².